The van der Waals surface area contributed by atoms with E-state index in [4.69, 9.17) is 22.4 Å². The molecule has 3 N–H and O–H groups in total. The van der Waals surface area contributed by atoms with Gasteiger partial charge in [0.05, 0.1) is 6.42 Å². The first-order valence-electron chi connectivity index (χ1n) is 3.83. The molecular formula is C9H11Cl2NO2. The lowest BCUT2D eigenvalue weighted by Gasteiger charge is -2.10. The van der Waals surface area contributed by atoms with Crippen LogP contribution in [0.4, 0.5) is 0 Å². The number of carboxylic acid groups (broad SMARTS) is 1. The molecule has 0 saturated carbocycles. The molecule has 0 bridgehead atoms. The Labute approximate surface area is 93.3 Å². The number of benzene rings is 1. The number of rotatable bonds is 3. The predicted molar refractivity (Wildman–Crippen MR) is 57.9 cm³/mol. The summed E-state index contributed by atoms with van der Waals surface area (Å²) in [7, 11) is 0. The van der Waals surface area contributed by atoms with Gasteiger partial charge in [-0.1, -0.05) is 29.8 Å². The lowest BCUT2D eigenvalue weighted by Crippen LogP contribution is -2.15. The van der Waals surface area contributed by atoms with Crippen molar-refractivity contribution < 1.29 is 9.90 Å². The Bertz CT molecular complexity index is 317. The van der Waals surface area contributed by atoms with Crippen molar-refractivity contribution in [3.63, 3.8) is 0 Å². The van der Waals surface area contributed by atoms with Gasteiger partial charge in [0.2, 0.25) is 0 Å². The van der Waals surface area contributed by atoms with Gasteiger partial charge in [-0.3, -0.25) is 4.79 Å². The first kappa shape index (κ1) is 13.2. The van der Waals surface area contributed by atoms with E-state index in [0.29, 0.717) is 10.6 Å². The molecule has 0 aliphatic heterocycles. The largest absolute Gasteiger partial charge is 0.481 e. The molecule has 14 heavy (non-hydrogen) atoms. The zero-order chi connectivity index (χ0) is 9.84. The third kappa shape index (κ3) is 3.54. The summed E-state index contributed by atoms with van der Waals surface area (Å²) in [6.07, 6.45) is -0.107. The zero-order valence-corrected chi connectivity index (χ0v) is 8.89. The molecule has 1 aromatic rings. The van der Waals surface area contributed by atoms with Gasteiger partial charge in [0.1, 0.15) is 0 Å². The van der Waals surface area contributed by atoms with Gasteiger partial charge in [0, 0.05) is 11.1 Å². The monoisotopic (exact) mass is 235 g/mol. The second-order valence-corrected chi connectivity index (χ2v) is 3.13. The molecule has 0 spiro atoms. The molecule has 0 aliphatic rings. The van der Waals surface area contributed by atoms with Crippen molar-refractivity contribution in [2.24, 2.45) is 5.73 Å². The van der Waals surface area contributed by atoms with Crippen LogP contribution in [0, 0.1) is 0 Å². The molecule has 0 fully saturated rings. The van der Waals surface area contributed by atoms with E-state index in [0.717, 1.165) is 0 Å². The van der Waals surface area contributed by atoms with E-state index in [1.54, 1.807) is 24.3 Å². The van der Waals surface area contributed by atoms with Gasteiger partial charge in [-0.05, 0) is 11.6 Å². The Morgan fingerprint density at radius 3 is 2.57 bits per heavy atom. The van der Waals surface area contributed by atoms with Crippen LogP contribution in [0.3, 0.4) is 0 Å². The van der Waals surface area contributed by atoms with Crippen LogP contribution in [0.5, 0.6) is 0 Å². The van der Waals surface area contributed by atoms with E-state index in [1.165, 1.54) is 0 Å². The first-order valence-corrected chi connectivity index (χ1v) is 4.21. The maximum absolute atomic E-state index is 10.4. The van der Waals surface area contributed by atoms with Crippen LogP contribution in [-0.2, 0) is 4.79 Å². The third-order valence-corrected chi connectivity index (χ3v) is 2.04. The van der Waals surface area contributed by atoms with Gasteiger partial charge in [-0.25, -0.2) is 0 Å². The molecule has 0 heterocycles. The Morgan fingerprint density at radius 1 is 1.50 bits per heavy atom. The average Bonchev–Trinajstić information content (AvgIpc) is 2.03. The summed E-state index contributed by atoms with van der Waals surface area (Å²) in [5, 5.41) is 9.02. The van der Waals surface area contributed by atoms with Gasteiger partial charge in [-0.15, -0.1) is 12.4 Å². The minimum absolute atomic E-state index is 0. The molecule has 5 heteroatoms. The first-order chi connectivity index (χ1) is 6.11. The van der Waals surface area contributed by atoms with Crippen molar-refractivity contribution in [3.8, 4) is 0 Å². The highest BCUT2D eigenvalue weighted by atomic mass is 35.5. The quantitative estimate of drug-likeness (QED) is 0.845. The van der Waals surface area contributed by atoms with Crippen molar-refractivity contribution in [2.45, 2.75) is 12.5 Å². The normalized spacial score (nSPS) is 11.6. The summed E-state index contributed by atoms with van der Waals surface area (Å²) in [5.74, 6) is -0.924. The van der Waals surface area contributed by atoms with E-state index in [1.807, 2.05) is 0 Å². The fourth-order valence-electron chi connectivity index (χ4n) is 1.07. The van der Waals surface area contributed by atoms with Crippen molar-refractivity contribution in [3.05, 3.63) is 34.9 Å². The van der Waals surface area contributed by atoms with Gasteiger partial charge in [0.25, 0.3) is 0 Å². The van der Waals surface area contributed by atoms with Crippen LogP contribution in [0.25, 0.3) is 0 Å². The topological polar surface area (TPSA) is 63.3 Å². The van der Waals surface area contributed by atoms with Crippen molar-refractivity contribution in [2.75, 3.05) is 0 Å². The lowest BCUT2D eigenvalue weighted by molar-refractivity contribution is -0.137. The minimum atomic E-state index is -0.924. The fourth-order valence-corrected chi connectivity index (χ4v) is 1.35. The summed E-state index contributed by atoms with van der Waals surface area (Å²) in [4.78, 5) is 10.4. The SMILES string of the molecule is Cl.N[C@H](CC(=O)O)c1ccccc1Cl. The number of nitrogens with two attached hydrogens (primary N) is 1. The molecule has 0 aliphatic carbocycles. The molecule has 0 unspecified atom stereocenters. The maximum atomic E-state index is 10.4. The number of hydrogen-bond acceptors (Lipinski definition) is 2. The second-order valence-electron chi connectivity index (χ2n) is 2.73. The molecule has 0 saturated heterocycles. The zero-order valence-electron chi connectivity index (χ0n) is 7.31. The smallest absolute Gasteiger partial charge is 0.305 e. The highest BCUT2D eigenvalue weighted by molar-refractivity contribution is 6.31. The molecule has 78 valence electrons. The predicted octanol–water partition coefficient (Wildman–Crippen LogP) is 2.24. The Balaban J connectivity index is 0.00000169. The van der Waals surface area contributed by atoms with Gasteiger partial charge < -0.3 is 10.8 Å². The number of aliphatic carboxylic acids is 1. The Hall–Kier alpha value is -0.770. The fraction of sp³-hybridized carbons (Fsp3) is 0.222. The number of halogens is 2. The third-order valence-electron chi connectivity index (χ3n) is 1.70. The highest BCUT2D eigenvalue weighted by Crippen LogP contribution is 2.22. The maximum Gasteiger partial charge on any atom is 0.305 e. The van der Waals surface area contributed by atoms with E-state index >= 15 is 0 Å². The molecular weight excluding hydrogens is 225 g/mol. The summed E-state index contributed by atoms with van der Waals surface area (Å²) in [6.45, 7) is 0. The van der Waals surface area contributed by atoms with E-state index in [9.17, 15) is 4.79 Å². The average molecular weight is 236 g/mol. The molecule has 0 amide bonds. The number of hydrogen-bond donors (Lipinski definition) is 2. The molecule has 0 aromatic heterocycles. The molecule has 1 atom stereocenters. The molecule has 1 rings (SSSR count). The van der Waals surface area contributed by atoms with Crippen LogP contribution in [0.15, 0.2) is 24.3 Å². The lowest BCUT2D eigenvalue weighted by atomic mass is 10.1. The van der Waals surface area contributed by atoms with Crippen LogP contribution < -0.4 is 5.73 Å². The van der Waals surface area contributed by atoms with Crippen LogP contribution >= 0.6 is 24.0 Å². The molecule has 1 aromatic carbocycles. The summed E-state index contributed by atoms with van der Waals surface area (Å²) >= 11 is 5.83. The van der Waals surface area contributed by atoms with Crippen LogP contribution in [-0.4, -0.2) is 11.1 Å². The standard InChI is InChI=1S/C9H10ClNO2.ClH/c10-7-4-2-1-3-6(7)8(11)5-9(12)13;/h1-4,8H,5,11H2,(H,12,13);1H/t8-;/m1./s1. The second kappa shape index (κ2) is 5.86. The molecule has 0 radical (unpaired) electrons. The number of carboxylic acids is 1. The van der Waals surface area contributed by atoms with Gasteiger partial charge in [0.15, 0.2) is 0 Å². The van der Waals surface area contributed by atoms with Crippen molar-refractivity contribution >= 4 is 30.0 Å². The van der Waals surface area contributed by atoms with Crippen LogP contribution in [0.1, 0.15) is 18.0 Å². The molecule has 3 nitrogen and oxygen atoms in total. The van der Waals surface area contributed by atoms with E-state index in [-0.39, 0.29) is 18.8 Å². The van der Waals surface area contributed by atoms with E-state index in [2.05, 4.69) is 0 Å². The van der Waals surface area contributed by atoms with Crippen molar-refractivity contribution in [1.82, 2.24) is 0 Å². The Morgan fingerprint density at radius 2 is 2.07 bits per heavy atom. The van der Waals surface area contributed by atoms with Gasteiger partial charge >= 0.3 is 5.97 Å². The minimum Gasteiger partial charge on any atom is -0.481 e. The van der Waals surface area contributed by atoms with E-state index < -0.39 is 12.0 Å². The van der Waals surface area contributed by atoms with Gasteiger partial charge in [-0.2, -0.15) is 0 Å². The summed E-state index contributed by atoms with van der Waals surface area (Å²) in [5.41, 5.74) is 6.30. The number of carbonyl (C=O) groups is 1. The summed E-state index contributed by atoms with van der Waals surface area (Å²) < 4.78 is 0. The van der Waals surface area contributed by atoms with Crippen molar-refractivity contribution in [1.29, 1.82) is 0 Å². The Kier molecular flexibility index (Phi) is 5.53. The summed E-state index contributed by atoms with van der Waals surface area (Å²) in [6, 6.07) is 6.45. The highest BCUT2D eigenvalue weighted by Gasteiger charge is 2.12. The van der Waals surface area contributed by atoms with Crippen LogP contribution in [0.2, 0.25) is 5.02 Å².